The number of anilines is 2. The molecule has 6 fully saturated rings. The van der Waals surface area contributed by atoms with Crippen molar-refractivity contribution in [3.8, 4) is 11.3 Å². The van der Waals surface area contributed by atoms with Gasteiger partial charge in [-0.3, -0.25) is 35.7 Å². The van der Waals surface area contributed by atoms with Crippen molar-refractivity contribution in [1.82, 2.24) is 35.1 Å². The van der Waals surface area contributed by atoms with Crippen molar-refractivity contribution in [2.45, 2.75) is 141 Å². The summed E-state index contributed by atoms with van der Waals surface area (Å²) in [7, 11) is 1.76. The molecule has 79 heavy (non-hydrogen) atoms. The Hall–Kier alpha value is -3.80. The maximum Gasteiger partial charge on any atom is 0.324 e. The van der Waals surface area contributed by atoms with Crippen LogP contribution in [0.4, 0.5) is 11.4 Å². The topological polar surface area (TPSA) is 137 Å². The number of aromatic nitrogens is 2. The smallest absolute Gasteiger partial charge is 0.324 e. The number of nitrogens with one attached hydrogen (secondary N) is 2. The zero-order valence-corrected chi connectivity index (χ0v) is 49.5. The van der Waals surface area contributed by atoms with Gasteiger partial charge in [0.15, 0.2) is 0 Å². The molecule has 2 aromatic carbocycles. The molecule has 15 nitrogen and oxygen atoms in total. The van der Waals surface area contributed by atoms with Crippen LogP contribution in [0.15, 0.2) is 54.7 Å². The van der Waals surface area contributed by atoms with Gasteiger partial charge in [-0.1, -0.05) is 57.5 Å². The number of benzene rings is 2. The number of carbonyl (C=O) groups excluding carboxylic acids is 3. The molecule has 3 aliphatic carbocycles. The number of pyridine rings is 1. The van der Waals surface area contributed by atoms with E-state index in [0.717, 1.165) is 123 Å². The first kappa shape index (κ1) is 57.0. The van der Waals surface area contributed by atoms with Crippen molar-refractivity contribution in [2.75, 3.05) is 95.6 Å². The minimum Gasteiger partial charge on any atom is -0.464 e. The summed E-state index contributed by atoms with van der Waals surface area (Å²) < 4.78 is 20.9. The van der Waals surface area contributed by atoms with E-state index in [1.54, 1.807) is 12.1 Å². The molecule has 2 amide bonds. The van der Waals surface area contributed by atoms with Crippen molar-refractivity contribution in [3.63, 3.8) is 0 Å². The van der Waals surface area contributed by atoms with Crippen LogP contribution < -0.4 is 20.5 Å². The van der Waals surface area contributed by atoms with E-state index in [1.807, 2.05) is 6.20 Å². The Balaban J connectivity index is 0.00000660. The van der Waals surface area contributed by atoms with E-state index >= 15 is 9.59 Å². The molecule has 5 aliphatic heterocycles. The molecule has 1 unspecified atom stereocenters. The van der Waals surface area contributed by atoms with Crippen LogP contribution in [0.5, 0.6) is 0 Å². The summed E-state index contributed by atoms with van der Waals surface area (Å²) in [6.07, 6.45) is 12.5. The molecule has 4 saturated heterocycles. The van der Waals surface area contributed by atoms with Crippen LogP contribution in [0.2, 0.25) is 0 Å². The number of likely N-dealkylation sites (tertiary alicyclic amines) is 1. The van der Waals surface area contributed by atoms with Crippen molar-refractivity contribution < 1.29 is 66.3 Å². The minimum atomic E-state index is -0.932. The van der Waals surface area contributed by atoms with Crippen molar-refractivity contribution in [1.29, 1.82) is 0 Å². The average molecular weight is 1230 g/mol. The molecule has 2 N–H and O–H groups in total. The zero-order valence-electron chi connectivity index (χ0n) is 47.6. The number of esters is 1. The number of hydrazine groups is 1. The SMILES string of the molecule is [CH2-]CN1C[CH-][C@@H](N2CC3(CCOC3)C2)[C@H](NC(=O)[C@@H]2C(C)c3ccccc3[C@@H]3CCC[C@H]23)C(=O)N2CCC[C@H](N2)C(=O)OCC(C)(C)Cc2c(-c3cc(N4CCN(C5CC5)CC4)cnc3[C@H](C)OC)n(CC)c3ccc1cc23.[Ho]. The van der Waals surface area contributed by atoms with E-state index < -0.39 is 23.5 Å². The fourth-order valence-electron chi connectivity index (χ4n) is 15.2. The molecule has 2 aromatic heterocycles. The summed E-state index contributed by atoms with van der Waals surface area (Å²) >= 11 is 0. The van der Waals surface area contributed by atoms with E-state index in [1.165, 1.54) is 29.5 Å². The maximum absolute atomic E-state index is 15.6. The van der Waals surface area contributed by atoms with Gasteiger partial charge in [-0.2, -0.15) is 0 Å². The predicted octanol–water partition coefficient (Wildman–Crippen LogP) is 8.07. The van der Waals surface area contributed by atoms with Gasteiger partial charge in [0.05, 0.1) is 48.6 Å². The number of ether oxygens (including phenoxy) is 3. The van der Waals surface area contributed by atoms with Crippen LogP contribution in [0, 0.1) is 73.7 Å². The molecular weight excluding hydrogens is 1140 g/mol. The Morgan fingerprint density at radius 3 is 2.47 bits per heavy atom. The number of hydrogen-bond donors (Lipinski definition) is 2. The van der Waals surface area contributed by atoms with Crippen LogP contribution in [0.1, 0.15) is 126 Å². The minimum absolute atomic E-state index is 0. The summed E-state index contributed by atoms with van der Waals surface area (Å²) in [6, 6.07) is 16.5. The van der Waals surface area contributed by atoms with Crippen LogP contribution in [-0.2, 0) is 41.6 Å². The first-order chi connectivity index (χ1) is 37.8. The molecule has 8 atom stereocenters. The molecule has 16 heteroatoms. The average Bonchev–Trinajstić information content (AvgIpc) is 4.11. The van der Waals surface area contributed by atoms with E-state index in [2.05, 4.69) is 131 Å². The van der Waals surface area contributed by atoms with Gasteiger partial charge >= 0.3 is 5.97 Å². The molecule has 1 radical (unpaired) electrons. The second-order valence-electron chi connectivity index (χ2n) is 25.3. The van der Waals surface area contributed by atoms with Crippen molar-refractivity contribution in [2.24, 2.45) is 22.7 Å². The van der Waals surface area contributed by atoms with Gasteiger partial charge in [0, 0.05) is 149 Å². The Kier molecular flexibility index (Phi) is 16.9. The van der Waals surface area contributed by atoms with E-state index in [9.17, 15) is 4.79 Å². The van der Waals surface area contributed by atoms with Gasteiger partial charge < -0.3 is 45.7 Å². The second kappa shape index (κ2) is 23.5. The molecule has 12 rings (SSSR count). The number of aryl methyl sites for hydroxylation is 1. The number of hydrogen-bond acceptors (Lipinski definition) is 12. The van der Waals surface area contributed by atoms with Crippen LogP contribution in [0.3, 0.4) is 0 Å². The molecular formula is C63H85HoN9O6-2. The van der Waals surface area contributed by atoms with Gasteiger partial charge in [0.2, 0.25) is 5.91 Å². The number of amides is 2. The number of carbonyl (C=O) groups is 3. The van der Waals surface area contributed by atoms with Gasteiger partial charge in [-0.15, -0.1) is 13.1 Å². The van der Waals surface area contributed by atoms with Crippen LogP contribution in [-0.4, -0.2) is 152 Å². The molecule has 1 spiro atoms. The summed E-state index contributed by atoms with van der Waals surface area (Å²) in [5.74, 6) is -0.460. The fourth-order valence-corrected chi connectivity index (χ4v) is 15.2. The van der Waals surface area contributed by atoms with Crippen molar-refractivity contribution in [3.05, 3.63) is 90.5 Å². The first-order valence-corrected chi connectivity index (χ1v) is 29.8. The first-order valence-electron chi connectivity index (χ1n) is 29.8. The monoisotopic (exact) mass is 1230 g/mol. The number of fused-ring (bicyclic) bond motifs is 6. The number of nitrogens with zero attached hydrogens (tertiary/aromatic N) is 7. The summed E-state index contributed by atoms with van der Waals surface area (Å²) in [4.78, 5) is 60.6. The predicted molar refractivity (Wildman–Crippen MR) is 305 cm³/mol. The Morgan fingerprint density at radius 1 is 0.962 bits per heavy atom. The van der Waals surface area contributed by atoms with Gasteiger partial charge in [-0.25, -0.2) is 5.43 Å². The third-order valence-corrected chi connectivity index (χ3v) is 19.7. The van der Waals surface area contributed by atoms with Crippen LogP contribution in [0.25, 0.3) is 22.2 Å². The van der Waals surface area contributed by atoms with E-state index in [0.29, 0.717) is 51.4 Å². The van der Waals surface area contributed by atoms with Gasteiger partial charge in [0.1, 0.15) is 6.04 Å². The molecule has 8 aliphatic rings. The van der Waals surface area contributed by atoms with Gasteiger partial charge in [-0.05, 0) is 124 Å². The Labute approximate surface area is 499 Å². The zero-order chi connectivity index (χ0) is 54.0. The quantitative estimate of drug-likeness (QED) is 0.0903. The van der Waals surface area contributed by atoms with Crippen LogP contribution >= 0.6 is 0 Å². The summed E-state index contributed by atoms with van der Waals surface area (Å²) in [5, 5.41) is 6.27. The Bertz CT molecular complexity index is 2870. The number of rotatable bonds is 10. The molecule has 7 heterocycles. The Morgan fingerprint density at radius 2 is 1.75 bits per heavy atom. The number of methoxy groups -OCH3 is 1. The third kappa shape index (κ3) is 11.0. The van der Waals surface area contributed by atoms with E-state index in [-0.39, 0.29) is 91.4 Å². The molecule has 431 valence electrons. The van der Waals surface area contributed by atoms with Gasteiger partial charge in [0.25, 0.3) is 5.91 Å². The molecule has 4 bridgehead atoms. The summed E-state index contributed by atoms with van der Waals surface area (Å²) in [6.45, 7) is 24.6. The number of piperazine rings is 1. The normalized spacial score (nSPS) is 28.8. The third-order valence-electron chi connectivity index (χ3n) is 19.7. The van der Waals surface area contributed by atoms with E-state index in [4.69, 9.17) is 19.2 Å². The standard InChI is InChI=1S/C63H85N9O6.Ho/c1-8-67-26-23-54(70-36-63(37-70)24-31-77-39-63)57(65-59(73)55-40(3)45-14-10-11-15-46(45)47-16-12-17-48(47)55)60(74)72-25-13-18-52(66-72)61(75)78-38-62(5,6)34-51-49-32-43(67)21-22-53(49)71(9-2)58(51)50-33-44(35-64-56(50)41(4)76-7)69-29-27-68(28-30-69)42-19-20-42;/h10-11,14-15,21-23,32-33,35,40-42,47-48,52,54-55,57,66H,1,8-9,12-13,16-20,24-31,34,36-39H2,2-7H3,(H,65,73);/q-2;/t40?,41-,47-,48-,52-,54+,55+,57-;/m0./s1. The fraction of sp³-hybridized carbons (Fsp3) is 0.619. The maximum atomic E-state index is 15.6. The summed E-state index contributed by atoms with van der Waals surface area (Å²) in [5.41, 5.74) is 13.0. The van der Waals surface area contributed by atoms with Crippen molar-refractivity contribution >= 4 is 40.1 Å². The molecule has 2 saturated carbocycles. The second-order valence-corrected chi connectivity index (χ2v) is 25.3. The molecule has 4 aromatic rings. The largest absolute Gasteiger partial charge is 0.464 e. The number of cyclic esters (lactones) is 1.